The highest BCUT2D eigenvalue weighted by Gasteiger charge is 2.15. The first-order valence-corrected chi connectivity index (χ1v) is 7.27. The number of piperidine rings is 1. The van der Waals surface area contributed by atoms with Crippen LogP contribution in [0.5, 0.6) is 0 Å². The van der Waals surface area contributed by atoms with Gasteiger partial charge < -0.3 is 10.2 Å². The molecular formula is C16H24N2O. The zero-order chi connectivity index (χ0) is 13.5. The van der Waals surface area contributed by atoms with Gasteiger partial charge in [-0.3, -0.25) is 4.79 Å². The van der Waals surface area contributed by atoms with Gasteiger partial charge in [0.25, 0.3) is 0 Å². The molecule has 0 aliphatic carbocycles. The average molecular weight is 260 g/mol. The van der Waals surface area contributed by atoms with E-state index in [0.717, 1.165) is 13.0 Å². The lowest BCUT2D eigenvalue weighted by molar-refractivity contribution is -0.130. The van der Waals surface area contributed by atoms with Crippen molar-refractivity contribution in [3.8, 4) is 0 Å². The quantitative estimate of drug-likeness (QED) is 0.882. The second kappa shape index (κ2) is 7.29. The van der Waals surface area contributed by atoms with E-state index >= 15 is 0 Å². The van der Waals surface area contributed by atoms with Crippen molar-refractivity contribution in [2.24, 2.45) is 0 Å². The zero-order valence-electron chi connectivity index (χ0n) is 11.8. The summed E-state index contributed by atoms with van der Waals surface area (Å²) >= 11 is 0. The Morgan fingerprint density at radius 3 is 2.79 bits per heavy atom. The maximum absolute atomic E-state index is 12.1. The van der Waals surface area contributed by atoms with Gasteiger partial charge in [0.2, 0.25) is 5.91 Å². The molecule has 0 radical (unpaired) electrons. The van der Waals surface area contributed by atoms with Gasteiger partial charge in [-0.25, -0.2) is 0 Å². The highest BCUT2D eigenvalue weighted by atomic mass is 16.2. The molecule has 1 atom stereocenters. The highest BCUT2D eigenvalue weighted by molar-refractivity contribution is 5.75. The van der Waals surface area contributed by atoms with E-state index in [9.17, 15) is 4.79 Å². The van der Waals surface area contributed by atoms with Gasteiger partial charge in [-0.2, -0.15) is 0 Å². The first-order valence-electron chi connectivity index (χ1n) is 7.27. The van der Waals surface area contributed by atoms with Crippen molar-refractivity contribution in [1.29, 1.82) is 0 Å². The van der Waals surface area contributed by atoms with E-state index in [2.05, 4.69) is 17.4 Å². The van der Waals surface area contributed by atoms with Crippen LogP contribution in [0.25, 0.3) is 0 Å². The van der Waals surface area contributed by atoms with Crippen molar-refractivity contribution in [1.82, 2.24) is 10.2 Å². The largest absolute Gasteiger partial charge is 0.341 e. The normalized spacial score (nSPS) is 19.1. The van der Waals surface area contributed by atoms with Crippen LogP contribution in [0.3, 0.4) is 0 Å². The summed E-state index contributed by atoms with van der Waals surface area (Å²) in [6, 6.07) is 10.7. The molecule has 2 rings (SSSR count). The Labute approximate surface area is 116 Å². The molecular weight excluding hydrogens is 236 g/mol. The Bertz CT molecular complexity index is 385. The van der Waals surface area contributed by atoms with Crippen LogP contribution in [-0.4, -0.2) is 30.4 Å². The van der Waals surface area contributed by atoms with Gasteiger partial charge in [-0.05, 0) is 31.4 Å². The number of nitrogens with one attached hydrogen (secondary N) is 1. The van der Waals surface area contributed by atoms with Gasteiger partial charge in [0.15, 0.2) is 0 Å². The third-order valence-electron chi connectivity index (χ3n) is 3.81. The molecule has 1 aromatic carbocycles. The van der Waals surface area contributed by atoms with Gasteiger partial charge in [0.05, 0.1) is 0 Å². The molecule has 1 N–H and O–H groups in total. The molecule has 104 valence electrons. The van der Waals surface area contributed by atoms with Crippen molar-refractivity contribution in [2.45, 2.75) is 44.7 Å². The van der Waals surface area contributed by atoms with Gasteiger partial charge in [-0.15, -0.1) is 0 Å². The van der Waals surface area contributed by atoms with Crippen LogP contribution in [0.1, 0.15) is 37.7 Å². The molecule has 0 bridgehead atoms. The average Bonchev–Trinajstić information content (AvgIpc) is 2.47. The summed E-state index contributed by atoms with van der Waals surface area (Å²) in [6.45, 7) is 1.82. The monoisotopic (exact) mass is 260 g/mol. The van der Waals surface area contributed by atoms with Crippen LogP contribution >= 0.6 is 0 Å². The Balaban J connectivity index is 1.73. The van der Waals surface area contributed by atoms with Crippen LogP contribution in [0.4, 0.5) is 0 Å². The maximum Gasteiger partial charge on any atom is 0.222 e. The number of amides is 1. The molecule has 1 aliphatic heterocycles. The highest BCUT2D eigenvalue weighted by Crippen LogP contribution is 2.13. The zero-order valence-corrected chi connectivity index (χ0v) is 11.8. The molecule has 0 aromatic heterocycles. The fourth-order valence-electron chi connectivity index (χ4n) is 2.60. The first kappa shape index (κ1) is 14.1. The van der Waals surface area contributed by atoms with E-state index in [0.29, 0.717) is 19.0 Å². The smallest absolute Gasteiger partial charge is 0.222 e. The van der Waals surface area contributed by atoms with Crippen LogP contribution < -0.4 is 5.32 Å². The lowest BCUT2D eigenvalue weighted by Gasteiger charge is -2.24. The summed E-state index contributed by atoms with van der Waals surface area (Å²) in [6.07, 6.45) is 5.42. The second-order valence-electron chi connectivity index (χ2n) is 5.42. The van der Waals surface area contributed by atoms with Crippen LogP contribution in [-0.2, 0) is 11.3 Å². The standard InChI is InChI=1S/C16H24N2O/c1-18(13-14-7-3-2-4-8-14)16(19)11-10-15-9-5-6-12-17-15/h2-4,7-8,15,17H,5-6,9-13H2,1H3. The van der Waals surface area contributed by atoms with E-state index in [1.807, 2.05) is 30.1 Å². The number of carbonyl (C=O) groups excluding carboxylic acids is 1. The molecule has 3 nitrogen and oxygen atoms in total. The Hall–Kier alpha value is -1.35. The lowest BCUT2D eigenvalue weighted by atomic mass is 10.0. The molecule has 1 heterocycles. The SMILES string of the molecule is CN(Cc1ccccc1)C(=O)CCC1CCCCN1. The molecule has 0 spiro atoms. The Kier molecular flexibility index (Phi) is 5.40. The minimum absolute atomic E-state index is 0.247. The number of rotatable bonds is 5. The predicted octanol–water partition coefficient (Wildman–Crippen LogP) is 2.57. The number of hydrogen-bond acceptors (Lipinski definition) is 2. The van der Waals surface area contributed by atoms with Crippen LogP contribution in [0.15, 0.2) is 30.3 Å². The van der Waals surface area contributed by atoms with Gasteiger partial charge in [-0.1, -0.05) is 36.8 Å². The molecule has 1 fully saturated rings. The third-order valence-corrected chi connectivity index (χ3v) is 3.81. The topological polar surface area (TPSA) is 32.3 Å². The number of benzene rings is 1. The molecule has 19 heavy (non-hydrogen) atoms. The van der Waals surface area contributed by atoms with Crippen LogP contribution in [0.2, 0.25) is 0 Å². The Morgan fingerprint density at radius 2 is 2.11 bits per heavy atom. The van der Waals surface area contributed by atoms with E-state index < -0.39 is 0 Å². The predicted molar refractivity (Wildman–Crippen MR) is 77.8 cm³/mol. The Morgan fingerprint density at radius 1 is 1.32 bits per heavy atom. The van der Waals surface area contributed by atoms with Crippen molar-refractivity contribution in [3.05, 3.63) is 35.9 Å². The molecule has 1 aliphatic rings. The number of hydrogen-bond donors (Lipinski definition) is 1. The minimum Gasteiger partial charge on any atom is -0.341 e. The van der Waals surface area contributed by atoms with Gasteiger partial charge in [0, 0.05) is 26.1 Å². The van der Waals surface area contributed by atoms with Gasteiger partial charge in [0.1, 0.15) is 0 Å². The summed E-state index contributed by atoms with van der Waals surface area (Å²) in [5, 5.41) is 3.49. The molecule has 1 aromatic rings. The number of nitrogens with zero attached hydrogens (tertiary/aromatic N) is 1. The van der Waals surface area contributed by atoms with Crippen molar-refractivity contribution in [3.63, 3.8) is 0 Å². The van der Waals surface area contributed by atoms with E-state index in [1.54, 1.807) is 0 Å². The fraction of sp³-hybridized carbons (Fsp3) is 0.562. The van der Waals surface area contributed by atoms with Crippen molar-refractivity contribution >= 4 is 5.91 Å². The van der Waals surface area contributed by atoms with E-state index in [-0.39, 0.29) is 5.91 Å². The first-order chi connectivity index (χ1) is 9.25. The van der Waals surface area contributed by atoms with Gasteiger partial charge >= 0.3 is 0 Å². The van der Waals surface area contributed by atoms with Crippen molar-refractivity contribution < 1.29 is 4.79 Å². The lowest BCUT2D eigenvalue weighted by Crippen LogP contribution is -2.35. The summed E-state index contributed by atoms with van der Waals surface area (Å²) in [5.74, 6) is 0.247. The van der Waals surface area contributed by atoms with E-state index in [4.69, 9.17) is 0 Å². The molecule has 1 saturated heterocycles. The van der Waals surface area contributed by atoms with Crippen molar-refractivity contribution in [2.75, 3.05) is 13.6 Å². The second-order valence-corrected chi connectivity index (χ2v) is 5.42. The molecule has 0 saturated carbocycles. The van der Waals surface area contributed by atoms with Crippen LogP contribution in [0, 0.1) is 0 Å². The fourth-order valence-corrected chi connectivity index (χ4v) is 2.60. The number of carbonyl (C=O) groups is 1. The summed E-state index contributed by atoms with van der Waals surface area (Å²) in [4.78, 5) is 13.9. The summed E-state index contributed by atoms with van der Waals surface area (Å²) in [7, 11) is 1.89. The minimum atomic E-state index is 0.247. The maximum atomic E-state index is 12.1. The summed E-state index contributed by atoms with van der Waals surface area (Å²) < 4.78 is 0. The molecule has 3 heteroatoms. The third kappa shape index (κ3) is 4.67. The molecule has 1 amide bonds. The molecule has 1 unspecified atom stereocenters. The van der Waals surface area contributed by atoms with E-state index in [1.165, 1.54) is 24.8 Å². The summed E-state index contributed by atoms with van der Waals surface area (Å²) in [5.41, 5.74) is 1.19.